The number of rotatable bonds is 5. The number of anilines is 2. The van der Waals surface area contributed by atoms with Gasteiger partial charge in [0.15, 0.2) is 11.5 Å². The van der Waals surface area contributed by atoms with Crippen LogP contribution in [0.3, 0.4) is 0 Å². The molecule has 26 heavy (non-hydrogen) atoms. The number of esters is 1. The van der Waals surface area contributed by atoms with Crippen LogP contribution in [0.2, 0.25) is 0 Å². The molecule has 0 radical (unpaired) electrons. The molecule has 8 heteroatoms. The summed E-state index contributed by atoms with van der Waals surface area (Å²) in [5.74, 6) is -0.512. The summed E-state index contributed by atoms with van der Waals surface area (Å²) in [4.78, 5) is 35.8. The lowest BCUT2D eigenvalue weighted by Gasteiger charge is -2.10. The van der Waals surface area contributed by atoms with E-state index in [9.17, 15) is 14.4 Å². The van der Waals surface area contributed by atoms with Crippen LogP contribution in [0.4, 0.5) is 11.4 Å². The van der Waals surface area contributed by atoms with Gasteiger partial charge in [-0.25, -0.2) is 4.79 Å². The molecule has 0 bridgehead atoms. The normalized spacial score (nSPS) is 11.6. The monoisotopic (exact) mass is 356 g/mol. The van der Waals surface area contributed by atoms with Crippen molar-refractivity contribution >= 4 is 29.2 Å². The zero-order valence-electron chi connectivity index (χ0n) is 13.9. The Labute approximate surface area is 149 Å². The average molecular weight is 356 g/mol. The number of para-hydroxylation sites is 1. The molecule has 8 nitrogen and oxygen atoms in total. The highest BCUT2D eigenvalue weighted by molar-refractivity contribution is 6.10. The summed E-state index contributed by atoms with van der Waals surface area (Å²) in [6.07, 6.45) is -0.413. The van der Waals surface area contributed by atoms with E-state index in [1.165, 1.54) is 13.2 Å². The van der Waals surface area contributed by atoms with Crippen LogP contribution >= 0.6 is 0 Å². The van der Waals surface area contributed by atoms with Crippen molar-refractivity contribution in [3.05, 3.63) is 48.0 Å². The molecule has 2 amide bonds. The Hall–Kier alpha value is -3.55. The van der Waals surface area contributed by atoms with Crippen LogP contribution in [0, 0.1) is 0 Å². The number of amides is 2. The SMILES string of the molecule is COC(=O)c1ccccc1NC(=O)CC(=O)Nc1ccc2c(c1)OCO2. The van der Waals surface area contributed by atoms with Crippen LogP contribution < -0.4 is 20.1 Å². The highest BCUT2D eigenvalue weighted by Crippen LogP contribution is 2.34. The van der Waals surface area contributed by atoms with Gasteiger partial charge in [-0.05, 0) is 24.3 Å². The third kappa shape index (κ3) is 3.92. The minimum Gasteiger partial charge on any atom is -0.465 e. The van der Waals surface area contributed by atoms with Gasteiger partial charge in [0, 0.05) is 11.8 Å². The maximum absolute atomic E-state index is 12.1. The van der Waals surface area contributed by atoms with Gasteiger partial charge in [-0.2, -0.15) is 0 Å². The fourth-order valence-corrected chi connectivity index (χ4v) is 2.40. The van der Waals surface area contributed by atoms with Gasteiger partial charge in [-0.1, -0.05) is 12.1 Å². The predicted octanol–water partition coefficient (Wildman–Crippen LogP) is 2.17. The first-order valence-electron chi connectivity index (χ1n) is 7.73. The third-order valence-corrected chi connectivity index (χ3v) is 3.58. The summed E-state index contributed by atoms with van der Waals surface area (Å²) in [7, 11) is 1.25. The van der Waals surface area contributed by atoms with Crippen LogP contribution in [0.1, 0.15) is 16.8 Å². The van der Waals surface area contributed by atoms with Gasteiger partial charge in [0.1, 0.15) is 6.42 Å². The number of carbonyl (C=O) groups is 3. The first kappa shape index (κ1) is 17.3. The van der Waals surface area contributed by atoms with Crippen LogP contribution in [-0.2, 0) is 14.3 Å². The zero-order valence-corrected chi connectivity index (χ0v) is 13.9. The summed E-state index contributed by atoms with van der Waals surface area (Å²) in [6.45, 7) is 0.134. The number of hydrogen-bond donors (Lipinski definition) is 2. The third-order valence-electron chi connectivity index (χ3n) is 3.58. The molecule has 0 aliphatic carbocycles. The number of fused-ring (bicyclic) bond motifs is 1. The van der Waals surface area contributed by atoms with Crippen molar-refractivity contribution in [1.29, 1.82) is 0 Å². The number of carbonyl (C=O) groups excluding carboxylic acids is 3. The number of benzene rings is 2. The second kappa shape index (κ2) is 7.56. The van der Waals surface area contributed by atoms with E-state index in [2.05, 4.69) is 15.4 Å². The molecule has 0 spiro atoms. The van der Waals surface area contributed by atoms with Crippen molar-refractivity contribution in [2.75, 3.05) is 24.5 Å². The second-order valence-corrected chi connectivity index (χ2v) is 5.38. The molecule has 2 N–H and O–H groups in total. The van der Waals surface area contributed by atoms with E-state index in [1.807, 2.05) is 0 Å². The fourth-order valence-electron chi connectivity index (χ4n) is 2.40. The minimum absolute atomic E-state index is 0.134. The van der Waals surface area contributed by atoms with E-state index < -0.39 is 24.2 Å². The summed E-state index contributed by atoms with van der Waals surface area (Å²) < 4.78 is 15.1. The lowest BCUT2D eigenvalue weighted by Crippen LogP contribution is -2.22. The van der Waals surface area contributed by atoms with Gasteiger partial charge in [0.2, 0.25) is 18.6 Å². The zero-order chi connectivity index (χ0) is 18.5. The Balaban J connectivity index is 1.60. The quantitative estimate of drug-likeness (QED) is 0.629. The summed E-state index contributed by atoms with van der Waals surface area (Å²) in [5.41, 5.74) is 0.974. The van der Waals surface area contributed by atoms with Crippen LogP contribution in [0.15, 0.2) is 42.5 Å². The van der Waals surface area contributed by atoms with E-state index in [-0.39, 0.29) is 18.0 Å². The van der Waals surface area contributed by atoms with Crippen LogP contribution in [0.25, 0.3) is 0 Å². The molecule has 0 saturated carbocycles. The molecule has 0 atom stereocenters. The largest absolute Gasteiger partial charge is 0.465 e. The van der Waals surface area contributed by atoms with Gasteiger partial charge in [-0.3, -0.25) is 9.59 Å². The lowest BCUT2D eigenvalue weighted by molar-refractivity contribution is -0.123. The molecule has 2 aromatic rings. The number of methoxy groups -OCH3 is 1. The first-order chi connectivity index (χ1) is 12.6. The van der Waals surface area contributed by atoms with Gasteiger partial charge in [0.05, 0.1) is 18.4 Å². The molecule has 0 aromatic heterocycles. The predicted molar refractivity (Wildman–Crippen MR) is 92.2 cm³/mol. The van der Waals surface area contributed by atoms with Gasteiger partial charge >= 0.3 is 5.97 Å². The number of nitrogens with one attached hydrogen (secondary N) is 2. The molecule has 0 unspecified atom stereocenters. The lowest BCUT2D eigenvalue weighted by atomic mass is 10.1. The summed E-state index contributed by atoms with van der Waals surface area (Å²) >= 11 is 0. The van der Waals surface area contributed by atoms with Gasteiger partial charge in [-0.15, -0.1) is 0 Å². The Morgan fingerprint density at radius 3 is 2.54 bits per heavy atom. The summed E-state index contributed by atoms with van der Waals surface area (Å²) in [5, 5.41) is 5.15. The van der Waals surface area contributed by atoms with E-state index in [1.54, 1.807) is 36.4 Å². The van der Waals surface area contributed by atoms with Crippen molar-refractivity contribution in [2.45, 2.75) is 6.42 Å². The highest BCUT2D eigenvalue weighted by atomic mass is 16.7. The highest BCUT2D eigenvalue weighted by Gasteiger charge is 2.17. The standard InChI is InChI=1S/C18H16N2O6/c1-24-18(23)12-4-2-3-5-13(12)20-17(22)9-16(21)19-11-6-7-14-15(8-11)26-10-25-14/h2-8H,9-10H2,1H3,(H,19,21)(H,20,22). The molecule has 134 valence electrons. The van der Waals surface area contributed by atoms with Crippen molar-refractivity contribution in [3.63, 3.8) is 0 Å². The minimum atomic E-state index is -0.578. The molecular formula is C18H16N2O6. The Kier molecular flexibility index (Phi) is 5.02. The molecule has 1 heterocycles. The van der Waals surface area contributed by atoms with E-state index in [0.29, 0.717) is 17.2 Å². The number of ether oxygens (including phenoxy) is 3. The van der Waals surface area contributed by atoms with Gasteiger partial charge < -0.3 is 24.8 Å². The Bertz CT molecular complexity index is 865. The smallest absolute Gasteiger partial charge is 0.339 e. The molecule has 3 rings (SSSR count). The second-order valence-electron chi connectivity index (χ2n) is 5.38. The van der Waals surface area contributed by atoms with E-state index >= 15 is 0 Å². The van der Waals surface area contributed by atoms with Crippen LogP contribution in [-0.4, -0.2) is 31.7 Å². The Morgan fingerprint density at radius 1 is 1.00 bits per heavy atom. The van der Waals surface area contributed by atoms with E-state index in [0.717, 1.165) is 0 Å². The van der Waals surface area contributed by atoms with Gasteiger partial charge in [0.25, 0.3) is 0 Å². The van der Waals surface area contributed by atoms with Crippen molar-refractivity contribution < 1.29 is 28.6 Å². The Morgan fingerprint density at radius 2 is 1.73 bits per heavy atom. The number of hydrogen-bond acceptors (Lipinski definition) is 6. The summed E-state index contributed by atoms with van der Waals surface area (Å²) in [6, 6.07) is 11.3. The molecule has 1 aliphatic heterocycles. The van der Waals surface area contributed by atoms with Crippen molar-refractivity contribution in [2.24, 2.45) is 0 Å². The average Bonchev–Trinajstić information content (AvgIpc) is 3.09. The van der Waals surface area contributed by atoms with Crippen molar-refractivity contribution in [1.82, 2.24) is 0 Å². The topological polar surface area (TPSA) is 103 Å². The first-order valence-corrected chi connectivity index (χ1v) is 7.73. The van der Waals surface area contributed by atoms with E-state index in [4.69, 9.17) is 9.47 Å². The fraction of sp³-hybridized carbons (Fsp3) is 0.167. The maximum atomic E-state index is 12.1. The molecular weight excluding hydrogens is 340 g/mol. The molecule has 0 saturated heterocycles. The molecule has 1 aliphatic rings. The van der Waals surface area contributed by atoms with Crippen molar-refractivity contribution in [3.8, 4) is 11.5 Å². The van der Waals surface area contributed by atoms with Crippen LogP contribution in [0.5, 0.6) is 11.5 Å². The maximum Gasteiger partial charge on any atom is 0.339 e. The molecule has 2 aromatic carbocycles. The molecule has 0 fully saturated rings.